The molecule has 0 N–H and O–H groups in total. The first-order valence-electron chi connectivity index (χ1n) is 9.39. The topological polar surface area (TPSA) is 47.4 Å². The Bertz CT molecular complexity index is 1030. The smallest absolute Gasteiger partial charge is 0.295 e. The summed E-state index contributed by atoms with van der Waals surface area (Å²) in [5.41, 5.74) is 3.55. The van der Waals surface area contributed by atoms with E-state index >= 15 is 0 Å². The van der Waals surface area contributed by atoms with Crippen LogP contribution in [0.25, 0.3) is 0 Å². The lowest BCUT2D eigenvalue weighted by atomic mass is 10.1. The van der Waals surface area contributed by atoms with Gasteiger partial charge in [0.2, 0.25) is 5.75 Å². The highest BCUT2D eigenvalue weighted by Crippen LogP contribution is 2.26. The van der Waals surface area contributed by atoms with Crippen LogP contribution in [0.4, 0.5) is 0 Å². The SMILES string of the molecule is CCn1c(CN2Cc3ccc(Br)cc3C2)ncc(OCc2ccccc2)c1=O. The Morgan fingerprint density at radius 2 is 1.89 bits per heavy atom. The van der Waals surface area contributed by atoms with Crippen LogP contribution in [-0.2, 0) is 32.8 Å². The van der Waals surface area contributed by atoms with Gasteiger partial charge in [0.05, 0.1) is 12.7 Å². The largest absolute Gasteiger partial charge is 0.482 e. The summed E-state index contributed by atoms with van der Waals surface area (Å²) in [5, 5.41) is 0. The Hall–Kier alpha value is -2.44. The molecule has 3 aromatic rings. The molecule has 2 heterocycles. The van der Waals surface area contributed by atoms with Gasteiger partial charge in [-0.1, -0.05) is 52.3 Å². The quantitative estimate of drug-likeness (QED) is 0.579. The highest BCUT2D eigenvalue weighted by molar-refractivity contribution is 9.10. The Morgan fingerprint density at radius 1 is 1.11 bits per heavy atom. The van der Waals surface area contributed by atoms with Crippen LogP contribution in [0.2, 0.25) is 0 Å². The van der Waals surface area contributed by atoms with Gasteiger partial charge in [-0.3, -0.25) is 14.3 Å². The van der Waals surface area contributed by atoms with Gasteiger partial charge in [-0.2, -0.15) is 0 Å². The van der Waals surface area contributed by atoms with Crippen LogP contribution < -0.4 is 10.3 Å². The number of halogens is 1. The Balaban J connectivity index is 1.49. The monoisotopic (exact) mass is 439 g/mol. The standard InChI is InChI=1S/C22H22BrN3O2/c1-2-26-21(14-25-12-17-8-9-19(23)10-18(17)13-25)24-11-20(22(26)27)28-15-16-6-4-3-5-7-16/h3-11H,2,12-15H2,1H3. The fourth-order valence-electron chi connectivity index (χ4n) is 3.54. The molecule has 0 unspecified atom stereocenters. The average Bonchev–Trinajstić information content (AvgIpc) is 3.10. The van der Waals surface area contributed by atoms with Crippen LogP contribution >= 0.6 is 15.9 Å². The summed E-state index contributed by atoms with van der Waals surface area (Å²) >= 11 is 3.53. The number of hydrogen-bond donors (Lipinski definition) is 0. The lowest BCUT2D eigenvalue weighted by Crippen LogP contribution is -2.29. The molecule has 0 saturated carbocycles. The zero-order valence-electron chi connectivity index (χ0n) is 15.8. The molecule has 1 aliphatic heterocycles. The van der Waals surface area contributed by atoms with E-state index in [0.717, 1.165) is 29.0 Å². The van der Waals surface area contributed by atoms with Gasteiger partial charge in [-0.05, 0) is 35.7 Å². The number of hydrogen-bond acceptors (Lipinski definition) is 4. The predicted octanol–water partition coefficient (Wildman–Crippen LogP) is 4.12. The van der Waals surface area contributed by atoms with Gasteiger partial charge in [-0.15, -0.1) is 0 Å². The highest BCUT2D eigenvalue weighted by Gasteiger charge is 2.21. The number of aromatic nitrogens is 2. The van der Waals surface area contributed by atoms with Gasteiger partial charge in [0, 0.05) is 24.1 Å². The summed E-state index contributed by atoms with van der Waals surface area (Å²) in [7, 11) is 0. The summed E-state index contributed by atoms with van der Waals surface area (Å²) in [6, 6.07) is 16.2. The molecule has 1 aromatic heterocycles. The second-order valence-corrected chi connectivity index (χ2v) is 7.84. The molecule has 0 spiro atoms. The highest BCUT2D eigenvalue weighted by atomic mass is 79.9. The Labute approximate surface area is 172 Å². The molecule has 0 atom stereocenters. The molecule has 2 aromatic carbocycles. The third-order valence-electron chi connectivity index (χ3n) is 4.97. The maximum atomic E-state index is 12.9. The molecule has 6 heteroatoms. The molecular weight excluding hydrogens is 418 g/mol. The Morgan fingerprint density at radius 3 is 2.68 bits per heavy atom. The van der Waals surface area contributed by atoms with Crippen LogP contribution in [-0.4, -0.2) is 14.5 Å². The van der Waals surface area contributed by atoms with Gasteiger partial charge in [0.1, 0.15) is 12.4 Å². The zero-order valence-corrected chi connectivity index (χ0v) is 17.4. The molecule has 4 rings (SSSR count). The minimum Gasteiger partial charge on any atom is -0.482 e. The first kappa shape index (κ1) is 18.9. The molecule has 28 heavy (non-hydrogen) atoms. The summed E-state index contributed by atoms with van der Waals surface area (Å²) < 4.78 is 8.54. The molecule has 144 valence electrons. The molecule has 0 bridgehead atoms. The molecule has 0 saturated heterocycles. The fourth-order valence-corrected chi connectivity index (χ4v) is 3.95. The van der Waals surface area contributed by atoms with E-state index in [-0.39, 0.29) is 5.56 Å². The van der Waals surface area contributed by atoms with Crippen molar-refractivity contribution in [2.24, 2.45) is 0 Å². The minimum atomic E-state index is -0.122. The average molecular weight is 440 g/mol. The second kappa shape index (κ2) is 8.29. The van der Waals surface area contributed by atoms with Crippen LogP contribution in [0.5, 0.6) is 5.75 Å². The number of fused-ring (bicyclic) bond motifs is 1. The predicted molar refractivity (Wildman–Crippen MR) is 112 cm³/mol. The fraction of sp³-hybridized carbons (Fsp3) is 0.273. The number of benzene rings is 2. The summed E-state index contributed by atoms with van der Waals surface area (Å²) in [4.78, 5) is 19.7. The van der Waals surface area contributed by atoms with Crippen molar-refractivity contribution in [2.75, 3.05) is 0 Å². The van der Waals surface area contributed by atoms with E-state index in [4.69, 9.17) is 4.74 Å². The molecule has 5 nitrogen and oxygen atoms in total. The van der Waals surface area contributed by atoms with Crippen molar-refractivity contribution in [3.8, 4) is 5.75 Å². The normalized spacial score (nSPS) is 13.5. The summed E-state index contributed by atoms with van der Waals surface area (Å²) in [6.07, 6.45) is 1.56. The van der Waals surface area contributed by atoms with Gasteiger partial charge < -0.3 is 4.74 Å². The van der Waals surface area contributed by atoms with Crippen molar-refractivity contribution in [1.29, 1.82) is 0 Å². The number of nitrogens with zero attached hydrogens (tertiary/aromatic N) is 3. The maximum absolute atomic E-state index is 12.9. The lowest BCUT2D eigenvalue weighted by Gasteiger charge is -2.18. The Kier molecular flexibility index (Phi) is 5.59. The van der Waals surface area contributed by atoms with Crippen molar-refractivity contribution in [1.82, 2.24) is 14.5 Å². The summed E-state index contributed by atoms with van der Waals surface area (Å²) in [6.45, 7) is 5.25. The first-order chi connectivity index (χ1) is 13.6. The molecule has 0 aliphatic carbocycles. The van der Waals surface area contributed by atoms with Crippen molar-refractivity contribution < 1.29 is 4.74 Å². The van der Waals surface area contributed by atoms with Crippen LogP contribution in [0.3, 0.4) is 0 Å². The van der Waals surface area contributed by atoms with E-state index in [9.17, 15) is 4.79 Å². The second-order valence-electron chi connectivity index (χ2n) is 6.92. The number of ether oxygens (including phenoxy) is 1. The number of rotatable bonds is 6. The van der Waals surface area contributed by atoms with Crippen molar-refractivity contribution >= 4 is 15.9 Å². The van der Waals surface area contributed by atoms with Crippen molar-refractivity contribution in [3.63, 3.8) is 0 Å². The van der Waals surface area contributed by atoms with Gasteiger partial charge in [-0.25, -0.2) is 4.98 Å². The molecule has 0 radical (unpaired) electrons. The summed E-state index contributed by atoms with van der Waals surface area (Å²) in [5.74, 6) is 1.06. The van der Waals surface area contributed by atoms with Gasteiger partial charge in [0.15, 0.2) is 0 Å². The minimum absolute atomic E-state index is 0.122. The van der Waals surface area contributed by atoms with Crippen LogP contribution in [0.15, 0.2) is 64.0 Å². The molecule has 0 fully saturated rings. The van der Waals surface area contributed by atoms with E-state index in [0.29, 0.717) is 25.4 Å². The molecule has 0 amide bonds. The third-order valence-corrected chi connectivity index (χ3v) is 5.47. The van der Waals surface area contributed by atoms with E-state index in [1.54, 1.807) is 10.8 Å². The zero-order chi connectivity index (χ0) is 19.5. The van der Waals surface area contributed by atoms with Gasteiger partial charge in [0.25, 0.3) is 5.56 Å². The van der Waals surface area contributed by atoms with Crippen molar-refractivity contribution in [2.45, 2.75) is 39.7 Å². The van der Waals surface area contributed by atoms with Crippen LogP contribution in [0.1, 0.15) is 29.4 Å². The maximum Gasteiger partial charge on any atom is 0.295 e. The van der Waals surface area contributed by atoms with E-state index < -0.39 is 0 Å². The first-order valence-corrected chi connectivity index (χ1v) is 10.2. The lowest BCUT2D eigenvalue weighted by molar-refractivity contribution is 0.257. The van der Waals surface area contributed by atoms with E-state index in [2.05, 4.69) is 44.0 Å². The van der Waals surface area contributed by atoms with Gasteiger partial charge >= 0.3 is 0 Å². The van der Waals surface area contributed by atoms with Crippen LogP contribution in [0, 0.1) is 0 Å². The molecule has 1 aliphatic rings. The van der Waals surface area contributed by atoms with Crippen molar-refractivity contribution in [3.05, 3.63) is 92.1 Å². The third kappa shape index (κ3) is 4.03. The molecular formula is C22H22BrN3O2. The van der Waals surface area contributed by atoms with E-state index in [1.807, 2.05) is 37.3 Å². The van der Waals surface area contributed by atoms with E-state index in [1.165, 1.54) is 11.1 Å².